The fourth-order valence-electron chi connectivity index (χ4n) is 6.42. The van der Waals surface area contributed by atoms with Crippen LogP contribution < -0.4 is 0 Å². The van der Waals surface area contributed by atoms with Crippen molar-refractivity contribution in [2.75, 3.05) is 0 Å². The molecule has 2 rings (SSSR count). The molecule has 7 heteroatoms. The van der Waals surface area contributed by atoms with Crippen molar-refractivity contribution in [3.63, 3.8) is 0 Å². The second-order valence-corrected chi connectivity index (χ2v) is 13.1. The van der Waals surface area contributed by atoms with Crippen molar-refractivity contribution >= 4 is 5.97 Å². The normalized spacial score (nSPS) is 23.5. The van der Waals surface area contributed by atoms with E-state index in [0.717, 1.165) is 70.6 Å². The monoisotopic (exact) mass is 596 g/mol. The zero-order valence-electron chi connectivity index (χ0n) is 26.9. The number of esters is 1. The van der Waals surface area contributed by atoms with Crippen LogP contribution in [0.25, 0.3) is 0 Å². The van der Waals surface area contributed by atoms with Gasteiger partial charge in [-0.05, 0) is 57.9 Å². The summed E-state index contributed by atoms with van der Waals surface area (Å²) < 4.78 is 11.1. The summed E-state index contributed by atoms with van der Waals surface area (Å²) in [4.78, 5) is 11.7. The molecule has 1 fully saturated rings. The van der Waals surface area contributed by atoms with Crippen LogP contribution in [0.1, 0.15) is 162 Å². The molecule has 2 heterocycles. The Labute approximate surface area is 256 Å². The summed E-state index contributed by atoms with van der Waals surface area (Å²) in [5.74, 6) is -0.321. The van der Waals surface area contributed by atoms with E-state index in [0.29, 0.717) is 24.8 Å². The number of unbranched alkanes of at least 4 members (excludes halogenated alkanes) is 12. The Morgan fingerprint density at radius 3 is 1.60 bits per heavy atom. The summed E-state index contributed by atoms with van der Waals surface area (Å²) in [5, 5.41) is 41.7. The topological polar surface area (TPSA) is 116 Å². The number of rotatable bonds is 26. The first kappa shape index (κ1) is 37.2. The number of hydrogen-bond acceptors (Lipinski definition) is 7. The minimum Gasteiger partial charge on any atom is -0.455 e. The van der Waals surface area contributed by atoms with Crippen LogP contribution in [-0.2, 0) is 14.3 Å². The van der Waals surface area contributed by atoms with Gasteiger partial charge in [-0.25, -0.2) is 4.79 Å². The van der Waals surface area contributed by atoms with E-state index < -0.39 is 18.3 Å². The number of carbonyl (C=O) groups is 1. The van der Waals surface area contributed by atoms with E-state index in [9.17, 15) is 25.2 Å². The van der Waals surface area contributed by atoms with E-state index in [4.69, 9.17) is 9.47 Å². The van der Waals surface area contributed by atoms with Crippen LogP contribution in [-0.4, -0.2) is 69.1 Å². The third-order valence-electron chi connectivity index (χ3n) is 9.11. The van der Waals surface area contributed by atoms with Gasteiger partial charge in [-0.3, -0.25) is 0 Å². The van der Waals surface area contributed by atoms with Crippen molar-refractivity contribution < 1.29 is 34.7 Å². The maximum atomic E-state index is 11.7. The van der Waals surface area contributed by atoms with Gasteiger partial charge in [0.25, 0.3) is 0 Å². The molecule has 4 N–H and O–H groups in total. The summed E-state index contributed by atoms with van der Waals surface area (Å²) in [7, 11) is 0. The smallest absolute Gasteiger partial charge is 0.334 e. The second kappa shape index (κ2) is 22.5. The SMILES string of the molecule is CCCCCCCCCCCC[C@@H](O)[C@@H]1CC[C@@H]([C@H](O)CCCCC[C@H](O)CCCC[C@H](O)CC2=C[C@H](C)OC2=O)O1. The van der Waals surface area contributed by atoms with Crippen LogP contribution in [0.5, 0.6) is 0 Å². The first-order chi connectivity index (χ1) is 20.3. The standard InChI is InChI=1S/C35H64O7/c1-3-4-5-6-7-8-9-10-11-14-21-31(38)33-23-24-34(42-33)32(39)22-15-12-13-18-29(36)19-16-17-20-30(37)26-28-25-27(2)41-35(28)40/h25,27,29-34,36-39H,3-24,26H2,1-2H3/t27-,29-,30-,31+,32+,33-,34-/m0/s1. The predicted octanol–water partition coefficient (Wildman–Crippen LogP) is 7.06. The third-order valence-corrected chi connectivity index (χ3v) is 9.11. The average Bonchev–Trinajstić information content (AvgIpc) is 3.58. The molecule has 0 aromatic carbocycles. The highest BCUT2D eigenvalue weighted by atomic mass is 16.5. The summed E-state index contributed by atoms with van der Waals surface area (Å²) in [6.45, 7) is 4.07. The van der Waals surface area contributed by atoms with Crippen LogP contribution in [0.3, 0.4) is 0 Å². The molecule has 0 aromatic rings. The van der Waals surface area contributed by atoms with Gasteiger partial charge in [0, 0.05) is 12.0 Å². The highest BCUT2D eigenvalue weighted by Crippen LogP contribution is 2.28. The van der Waals surface area contributed by atoms with E-state index in [2.05, 4.69) is 6.92 Å². The van der Waals surface area contributed by atoms with Crippen LogP contribution in [0.2, 0.25) is 0 Å². The van der Waals surface area contributed by atoms with Gasteiger partial charge in [0.15, 0.2) is 0 Å². The van der Waals surface area contributed by atoms with E-state index in [1.807, 2.05) is 6.92 Å². The Bertz CT molecular complexity index is 726. The number of ether oxygens (including phenoxy) is 2. The zero-order chi connectivity index (χ0) is 30.6. The first-order valence-corrected chi connectivity index (χ1v) is 17.6. The van der Waals surface area contributed by atoms with Gasteiger partial charge in [0.1, 0.15) is 6.10 Å². The van der Waals surface area contributed by atoms with Crippen LogP contribution in [0.15, 0.2) is 11.6 Å². The highest BCUT2D eigenvalue weighted by Gasteiger charge is 2.34. The van der Waals surface area contributed by atoms with E-state index >= 15 is 0 Å². The average molecular weight is 597 g/mol. The lowest BCUT2D eigenvalue weighted by Crippen LogP contribution is -2.31. The van der Waals surface area contributed by atoms with Crippen LogP contribution in [0, 0.1) is 0 Å². The molecule has 1 saturated heterocycles. The number of aliphatic hydroxyl groups excluding tert-OH is 4. The number of hydrogen-bond donors (Lipinski definition) is 4. The van der Waals surface area contributed by atoms with E-state index in [-0.39, 0.29) is 30.4 Å². The maximum absolute atomic E-state index is 11.7. The van der Waals surface area contributed by atoms with E-state index in [1.54, 1.807) is 6.08 Å². The summed E-state index contributed by atoms with van der Waals surface area (Å²) in [5.41, 5.74) is 0.566. The molecule has 7 atom stereocenters. The molecule has 0 bridgehead atoms. The Morgan fingerprint density at radius 1 is 0.667 bits per heavy atom. The van der Waals surface area contributed by atoms with Crippen molar-refractivity contribution in [2.45, 2.75) is 204 Å². The minimum absolute atomic E-state index is 0.139. The lowest BCUT2D eigenvalue weighted by Gasteiger charge is -2.22. The van der Waals surface area contributed by atoms with Crippen LogP contribution in [0.4, 0.5) is 0 Å². The Hall–Kier alpha value is -0.990. The molecule has 7 nitrogen and oxygen atoms in total. The third kappa shape index (κ3) is 16.2. The van der Waals surface area contributed by atoms with Crippen molar-refractivity contribution in [1.29, 1.82) is 0 Å². The molecule has 2 aliphatic heterocycles. The number of carbonyl (C=O) groups excluding carboxylic acids is 1. The fraction of sp³-hybridized carbons (Fsp3) is 0.914. The summed E-state index contributed by atoms with van der Waals surface area (Å²) in [6.07, 6.45) is 22.4. The molecule has 0 aliphatic carbocycles. The molecule has 0 saturated carbocycles. The predicted molar refractivity (Wildman–Crippen MR) is 168 cm³/mol. The Balaban J connectivity index is 1.41. The lowest BCUT2D eigenvalue weighted by atomic mass is 9.99. The van der Waals surface area contributed by atoms with Gasteiger partial charge < -0.3 is 29.9 Å². The molecule has 42 heavy (non-hydrogen) atoms. The minimum atomic E-state index is -0.551. The Kier molecular flexibility index (Phi) is 19.9. The Morgan fingerprint density at radius 2 is 1.10 bits per heavy atom. The quantitative estimate of drug-likeness (QED) is 0.0624. The van der Waals surface area contributed by atoms with Crippen molar-refractivity contribution in [3.05, 3.63) is 11.6 Å². The highest BCUT2D eigenvalue weighted by molar-refractivity contribution is 5.90. The van der Waals surface area contributed by atoms with Crippen molar-refractivity contribution in [2.24, 2.45) is 0 Å². The molecule has 0 spiro atoms. The van der Waals surface area contributed by atoms with Crippen molar-refractivity contribution in [3.8, 4) is 0 Å². The molecule has 0 aromatic heterocycles. The van der Waals surface area contributed by atoms with Gasteiger partial charge in [-0.15, -0.1) is 0 Å². The summed E-state index contributed by atoms with van der Waals surface area (Å²) in [6, 6.07) is 0. The molecule has 0 radical (unpaired) electrons. The number of cyclic esters (lactones) is 1. The number of aliphatic hydroxyl groups is 4. The molecular weight excluding hydrogens is 532 g/mol. The largest absolute Gasteiger partial charge is 0.455 e. The molecule has 246 valence electrons. The zero-order valence-corrected chi connectivity index (χ0v) is 26.9. The van der Waals surface area contributed by atoms with Gasteiger partial charge in [0.05, 0.1) is 36.6 Å². The van der Waals surface area contributed by atoms with Gasteiger partial charge in [0.2, 0.25) is 0 Å². The fourth-order valence-corrected chi connectivity index (χ4v) is 6.42. The van der Waals surface area contributed by atoms with Crippen LogP contribution >= 0.6 is 0 Å². The van der Waals surface area contributed by atoms with Gasteiger partial charge in [-0.1, -0.05) is 103 Å². The van der Waals surface area contributed by atoms with Crippen molar-refractivity contribution in [1.82, 2.24) is 0 Å². The molecular formula is C35H64O7. The first-order valence-electron chi connectivity index (χ1n) is 17.6. The lowest BCUT2D eigenvalue weighted by molar-refractivity contribution is -0.139. The van der Waals surface area contributed by atoms with E-state index in [1.165, 1.54) is 57.8 Å². The van der Waals surface area contributed by atoms with Gasteiger partial charge >= 0.3 is 5.97 Å². The molecule has 0 unspecified atom stereocenters. The molecule has 0 amide bonds. The molecule has 2 aliphatic rings. The summed E-state index contributed by atoms with van der Waals surface area (Å²) >= 11 is 0. The second-order valence-electron chi connectivity index (χ2n) is 13.1. The maximum Gasteiger partial charge on any atom is 0.334 e. The van der Waals surface area contributed by atoms with Gasteiger partial charge in [-0.2, -0.15) is 0 Å².